The molecule has 1 aliphatic heterocycles. The molecule has 33 heavy (non-hydrogen) atoms. The molecule has 1 aromatic heterocycles. The smallest absolute Gasteiger partial charge is 0.322 e. The minimum Gasteiger partial charge on any atom is -0.336 e. The molecule has 3 N–H and O–H groups in total. The number of hydrazine groups is 1. The maximum absolute atomic E-state index is 12.9. The van der Waals surface area contributed by atoms with Gasteiger partial charge in [-0.25, -0.2) is 9.48 Å². The normalized spacial score (nSPS) is 13.3. The number of fused-ring (bicyclic) bond motifs is 1. The van der Waals surface area contributed by atoms with Crippen molar-refractivity contribution in [2.75, 3.05) is 18.0 Å². The van der Waals surface area contributed by atoms with Crippen molar-refractivity contribution in [3.05, 3.63) is 69.6 Å². The third-order valence-electron chi connectivity index (χ3n) is 5.43. The molecule has 2 aromatic carbocycles. The van der Waals surface area contributed by atoms with Crippen molar-refractivity contribution in [1.82, 2.24) is 25.9 Å². The summed E-state index contributed by atoms with van der Waals surface area (Å²) in [6.45, 7) is 6.52. The van der Waals surface area contributed by atoms with Gasteiger partial charge in [0.05, 0.1) is 11.4 Å². The highest BCUT2D eigenvalue weighted by Gasteiger charge is 2.23. The van der Waals surface area contributed by atoms with Gasteiger partial charge in [0.25, 0.3) is 17.4 Å². The van der Waals surface area contributed by atoms with Gasteiger partial charge in [0, 0.05) is 29.7 Å². The third-order valence-corrected chi connectivity index (χ3v) is 5.43. The Kier molecular flexibility index (Phi) is 5.82. The molecule has 0 atom stereocenters. The third kappa shape index (κ3) is 4.14. The van der Waals surface area contributed by atoms with E-state index in [-0.39, 0.29) is 23.3 Å². The van der Waals surface area contributed by atoms with Crippen LogP contribution in [0, 0.1) is 6.92 Å². The summed E-state index contributed by atoms with van der Waals surface area (Å²) in [7, 11) is 0. The van der Waals surface area contributed by atoms with E-state index >= 15 is 0 Å². The molecule has 1 fully saturated rings. The molecular formula is C23H24N6O4. The molecule has 4 rings (SSSR count). The maximum Gasteiger partial charge on any atom is 0.322 e. The number of carbonyl (C=O) groups is 3. The number of carbonyl (C=O) groups excluding carboxylic acids is 3. The summed E-state index contributed by atoms with van der Waals surface area (Å²) in [4.78, 5) is 51.6. The van der Waals surface area contributed by atoms with E-state index in [9.17, 15) is 19.2 Å². The first-order chi connectivity index (χ1) is 15.8. The Balaban J connectivity index is 1.54. The van der Waals surface area contributed by atoms with E-state index in [1.54, 1.807) is 61.2 Å². The van der Waals surface area contributed by atoms with Gasteiger partial charge in [0.2, 0.25) is 0 Å². The second kappa shape index (κ2) is 8.73. The van der Waals surface area contributed by atoms with Gasteiger partial charge >= 0.3 is 6.03 Å². The predicted octanol–water partition coefficient (Wildman–Crippen LogP) is 1.89. The zero-order valence-electron chi connectivity index (χ0n) is 18.5. The molecule has 0 spiro atoms. The number of rotatable bonds is 4. The van der Waals surface area contributed by atoms with Gasteiger partial charge in [-0.05, 0) is 50.6 Å². The molecule has 2 heterocycles. The van der Waals surface area contributed by atoms with Gasteiger partial charge in [-0.15, -0.1) is 0 Å². The minimum absolute atomic E-state index is 0.0331. The van der Waals surface area contributed by atoms with Crippen LogP contribution in [-0.2, 0) is 0 Å². The number of benzene rings is 2. The van der Waals surface area contributed by atoms with Crippen LogP contribution in [0.1, 0.15) is 46.3 Å². The number of hydrogen-bond acceptors (Lipinski definition) is 5. The summed E-state index contributed by atoms with van der Waals surface area (Å²) in [5.74, 6) is -1.17. The number of urea groups is 1. The number of aromatic nitrogens is 2. The fraction of sp³-hybridized carbons (Fsp3) is 0.261. The van der Waals surface area contributed by atoms with Crippen LogP contribution in [0.3, 0.4) is 0 Å². The Labute approximate surface area is 189 Å². The molecule has 1 aliphatic rings. The zero-order chi connectivity index (χ0) is 23.7. The summed E-state index contributed by atoms with van der Waals surface area (Å²) in [6, 6.07) is 11.2. The lowest BCUT2D eigenvalue weighted by Gasteiger charge is -2.17. The fourth-order valence-electron chi connectivity index (χ4n) is 3.77. The number of aryl methyl sites for hydroxylation is 1. The SMILES string of the molecule is Cc1cc(C(=O)NNC(=O)c2nn(C(C)C)c(=O)c3ccccc23)ccc1N1CCNC1=O. The Morgan fingerprint density at radius 3 is 2.36 bits per heavy atom. The van der Waals surface area contributed by atoms with Crippen LogP contribution in [-0.4, -0.2) is 40.7 Å². The van der Waals surface area contributed by atoms with Gasteiger partial charge < -0.3 is 5.32 Å². The monoisotopic (exact) mass is 448 g/mol. The Hall–Kier alpha value is -4.21. The zero-order valence-corrected chi connectivity index (χ0v) is 18.5. The topological polar surface area (TPSA) is 125 Å². The van der Waals surface area contributed by atoms with Crippen LogP contribution in [0.15, 0.2) is 47.3 Å². The number of amides is 4. The average Bonchev–Trinajstić information content (AvgIpc) is 3.22. The van der Waals surface area contributed by atoms with Crippen LogP contribution in [0.4, 0.5) is 10.5 Å². The summed E-state index contributed by atoms with van der Waals surface area (Å²) in [6.07, 6.45) is 0. The lowest BCUT2D eigenvalue weighted by atomic mass is 10.1. The number of nitrogens with zero attached hydrogens (tertiary/aromatic N) is 3. The first kappa shape index (κ1) is 22.0. The van der Waals surface area contributed by atoms with Crippen molar-refractivity contribution in [2.45, 2.75) is 26.8 Å². The second-order valence-corrected chi connectivity index (χ2v) is 8.03. The van der Waals surface area contributed by atoms with Crippen LogP contribution in [0.2, 0.25) is 0 Å². The van der Waals surface area contributed by atoms with Gasteiger partial charge in [-0.2, -0.15) is 5.10 Å². The van der Waals surface area contributed by atoms with Crippen LogP contribution >= 0.6 is 0 Å². The lowest BCUT2D eigenvalue weighted by Crippen LogP contribution is -2.43. The molecule has 10 heteroatoms. The van der Waals surface area contributed by atoms with Crippen LogP contribution in [0.5, 0.6) is 0 Å². The molecule has 0 radical (unpaired) electrons. The van der Waals surface area contributed by atoms with Gasteiger partial charge in [-0.3, -0.25) is 30.1 Å². The summed E-state index contributed by atoms with van der Waals surface area (Å²) in [5.41, 5.74) is 6.31. The number of hydrogen-bond donors (Lipinski definition) is 3. The second-order valence-electron chi connectivity index (χ2n) is 8.03. The van der Waals surface area contributed by atoms with Crippen molar-refractivity contribution in [3.8, 4) is 0 Å². The summed E-state index contributed by atoms with van der Waals surface area (Å²) < 4.78 is 1.25. The highest BCUT2D eigenvalue weighted by Crippen LogP contribution is 2.23. The standard InChI is InChI=1S/C23H24N6O4/c1-13(2)29-22(32)17-7-5-4-6-16(17)19(27-29)21(31)26-25-20(30)15-8-9-18(14(3)12-15)28-11-10-24-23(28)33/h4-9,12-13H,10-11H2,1-3H3,(H,24,33)(H,25,30)(H,26,31). The molecule has 0 unspecified atom stereocenters. The van der Waals surface area contributed by atoms with Crippen molar-refractivity contribution in [1.29, 1.82) is 0 Å². The maximum atomic E-state index is 12.9. The average molecular weight is 448 g/mol. The van der Waals surface area contributed by atoms with E-state index in [0.29, 0.717) is 29.4 Å². The predicted molar refractivity (Wildman–Crippen MR) is 123 cm³/mol. The Morgan fingerprint density at radius 1 is 1.03 bits per heavy atom. The van der Waals surface area contributed by atoms with E-state index in [1.165, 1.54) is 4.68 Å². The first-order valence-electron chi connectivity index (χ1n) is 10.6. The molecule has 4 amide bonds. The molecule has 1 saturated heterocycles. The molecule has 0 saturated carbocycles. The van der Waals surface area contributed by atoms with E-state index in [2.05, 4.69) is 21.3 Å². The summed E-state index contributed by atoms with van der Waals surface area (Å²) in [5, 5.41) is 7.73. The number of nitrogens with one attached hydrogen (secondary N) is 3. The van der Waals surface area contributed by atoms with E-state index in [1.807, 2.05) is 6.92 Å². The van der Waals surface area contributed by atoms with E-state index < -0.39 is 11.8 Å². The molecule has 0 bridgehead atoms. The van der Waals surface area contributed by atoms with Gasteiger partial charge in [0.1, 0.15) is 0 Å². The summed E-state index contributed by atoms with van der Waals surface area (Å²) >= 11 is 0. The Morgan fingerprint density at radius 2 is 1.73 bits per heavy atom. The van der Waals surface area contributed by atoms with Gasteiger partial charge in [0.15, 0.2) is 5.69 Å². The van der Waals surface area contributed by atoms with Crippen LogP contribution < -0.4 is 26.6 Å². The number of anilines is 1. The molecular weight excluding hydrogens is 424 g/mol. The van der Waals surface area contributed by atoms with Crippen molar-refractivity contribution in [2.24, 2.45) is 0 Å². The fourth-order valence-corrected chi connectivity index (χ4v) is 3.77. The molecule has 170 valence electrons. The van der Waals surface area contributed by atoms with E-state index in [0.717, 1.165) is 11.3 Å². The highest BCUT2D eigenvalue weighted by molar-refractivity contribution is 6.06. The minimum atomic E-state index is -0.643. The quantitative estimate of drug-likeness (QED) is 0.526. The van der Waals surface area contributed by atoms with Crippen molar-refractivity contribution in [3.63, 3.8) is 0 Å². The first-order valence-corrected chi connectivity index (χ1v) is 10.6. The molecule has 0 aliphatic carbocycles. The molecule has 3 aromatic rings. The van der Waals surface area contributed by atoms with E-state index in [4.69, 9.17) is 0 Å². The molecule has 10 nitrogen and oxygen atoms in total. The largest absolute Gasteiger partial charge is 0.336 e. The van der Waals surface area contributed by atoms with Crippen LogP contribution in [0.25, 0.3) is 10.8 Å². The Bertz CT molecular complexity index is 1330. The van der Waals surface area contributed by atoms with Crippen molar-refractivity contribution >= 4 is 34.3 Å². The van der Waals surface area contributed by atoms with Crippen molar-refractivity contribution < 1.29 is 14.4 Å². The highest BCUT2D eigenvalue weighted by atomic mass is 16.2. The van der Waals surface area contributed by atoms with Gasteiger partial charge in [-0.1, -0.05) is 18.2 Å². The lowest BCUT2D eigenvalue weighted by molar-refractivity contribution is 0.0843.